The second kappa shape index (κ2) is 6.02. The molecule has 0 radical (unpaired) electrons. The fraction of sp³-hybridized carbons (Fsp3) is 0.545. The van der Waals surface area contributed by atoms with Crippen LogP contribution in [0.25, 0.3) is 0 Å². The number of halogens is 1. The molecule has 1 aliphatic rings. The Kier molecular flexibility index (Phi) is 4.56. The molecule has 1 N–H and O–H groups in total. The Morgan fingerprint density at radius 3 is 2.60 bits per heavy atom. The van der Waals surface area contributed by atoms with E-state index in [1.807, 2.05) is 0 Å². The number of rotatable bonds is 3. The Balaban J connectivity index is 1.91. The first-order valence-electron chi connectivity index (χ1n) is 6.10. The number of nitrogens with one attached hydrogen (secondary N) is 1. The normalized spacial score (nSPS) is 17.9. The zero-order valence-electron chi connectivity index (χ0n) is 10.9. The average Bonchev–Trinajstić information content (AvgIpc) is 2.38. The number of aromatic nitrogens is 2. The lowest BCUT2D eigenvalue weighted by atomic mass is 10.1. The highest BCUT2D eigenvalue weighted by Crippen LogP contribution is 2.13. The summed E-state index contributed by atoms with van der Waals surface area (Å²) >= 11 is 5.67. The number of hydrogen-bond acceptors (Lipinski definition) is 5. The molecule has 1 fully saturated rings. The van der Waals surface area contributed by atoms with Gasteiger partial charge in [-0.1, -0.05) is 11.6 Å². The van der Waals surface area contributed by atoms with Crippen molar-refractivity contribution in [2.45, 2.75) is 18.9 Å². The van der Waals surface area contributed by atoms with Crippen molar-refractivity contribution in [2.24, 2.45) is 0 Å². The third kappa shape index (κ3) is 3.87. The SMILES string of the molecule is CS(=O)(=O)N1CCC(NC(=O)c2cncc(Cl)n2)CC1. The van der Waals surface area contributed by atoms with E-state index in [1.54, 1.807) is 0 Å². The minimum atomic E-state index is -3.15. The summed E-state index contributed by atoms with van der Waals surface area (Å²) < 4.78 is 24.2. The van der Waals surface area contributed by atoms with Crippen molar-refractivity contribution in [1.82, 2.24) is 19.6 Å². The van der Waals surface area contributed by atoms with Crippen LogP contribution in [0.15, 0.2) is 12.4 Å². The van der Waals surface area contributed by atoms with Crippen LogP contribution in [0.2, 0.25) is 5.15 Å². The molecule has 1 saturated heterocycles. The van der Waals surface area contributed by atoms with Crippen LogP contribution >= 0.6 is 11.6 Å². The molecule has 0 aliphatic carbocycles. The molecule has 0 bridgehead atoms. The Hall–Kier alpha value is -1.25. The first-order valence-corrected chi connectivity index (χ1v) is 8.32. The second-order valence-corrected chi connectivity index (χ2v) is 7.01. The van der Waals surface area contributed by atoms with Gasteiger partial charge in [-0.05, 0) is 12.8 Å². The number of hydrogen-bond donors (Lipinski definition) is 1. The van der Waals surface area contributed by atoms with Crippen LogP contribution in [0.1, 0.15) is 23.3 Å². The Morgan fingerprint density at radius 1 is 1.40 bits per heavy atom. The summed E-state index contributed by atoms with van der Waals surface area (Å²) in [6, 6.07) is -0.0683. The highest BCUT2D eigenvalue weighted by atomic mass is 35.5. The summed E-state index contributed by atoms with van der Waals surface area (Å²) in [6.45, 7) is 0.815. The van der Waals surface area contributed by atoms with Gasteiger partial charge in [-0.25, -0.2) is 17.7 Å². The number of carbonyl (C=O) groups excluding carboxylic acids is 1. The molecule has 1 aliphatic heterocycles. The maximum Gasteiger partial charge on any atom is 0.271 e. The quantitative estimate of drug-likeness (QED) is 0.864. The zero-order chi connectivity index (χ0) is 14.8. The lowest BCUT2D eigenvalue weighted by Crippen LogP contribution is -2.46. The van der Waals surface area contributed by atoms with E-state index in [1.165, 1.54) is 23.0 Å². The topological polar surface area (TPSA) is 92.3 Å². The van der Waals surface area contributed by atoms with Gasteiger partial charge in [0.2, 0.25) is 10.0 Å². The van der Waals surface area contributed by atoms with Crippen LogP contribution in [0, 0.1) is 0 Å². The highest BCUT2D eigenvalue weighted by Gasteiger charge is 2.26. The number of carbonyl (C=O) groups is 1. The van der Waals surface area contributed by atoms with E-state index in [2.05, 4.69) is 15.3 Å². The summed E-state index contributed by atoms with van der Waals surface area (Å²) in [5.74, 6) is -0.349. The van der Waals surface area contributed by atoms with Crippen LogP contribution in [0.4, 0.5) is 0 Å². The van der Waals surface area contributed by atoms with Crippen molar-refractivity contribution in [3.63, 3.8) is 0 Å². The van der Waals surface area contributed by atoms with Crippen LogP contribution < -0.4 is 5.32 Å². The third-order valence-corrected chi connectivity index (χ3v) is 4.58. The van der Waals surface area contributed by atoms with E-state index < -0.39 is 10.0 Å². The van der Waals surface area contributed by atoms with Gasteiger partial charge in [-0.2, -0.15) is 0 Å². The van der Waals surface area contributed by atoms with E-state index in [-0.39, 0.29) is 22.8 Å². The molecule has 2 rings (SSSR count). The number of piperidine rings is 1. The van der Waals surface area contributed by atoms with Crippen molar-refractivity contribution in [1.29, 1.82) is 0 Å². The molecule has 110 valence electrons. The van der Waals surface area contributed by atoms with Gasteiger partial charge in [-0.15, -0.1) is 0 Å². The van der Waals surface area contributed by atoms with Crippen molar-refractivity contribution < 1.29 is 13.2 Å². The monoisotopic (exact) mass is 318 g/mol. The lowest BCUT2D eigenvalue weighted by molar-refractivity contribution is 0.0918. The van der Waals surface area contributed by atoms with E-state index in [0.29, 0.717) is 25.9 Å². The molecule has 0 unspecified atom stereocenters. The smallest absolute Gasteiger partial charge is 0.271 e. The molecular formula is C11H15ClN4O3S. The standard InChI is InChI=1S/C11H15ClN4O3S/c1-20(18,19)16-4-2-8(3-5-16)14-11(17)9-6-13-7-10(12)15-9/h6-8H,2-5H2,1H3,(H,14,17). The molecule has 9 heteroatoms. The van der Waals surface area contributed by atoms with E-state index in [4.69, 9.17) is 11.6 Å². The number of sulfonamides is 1. The highest BCUT2D eigenvalue weighted by molar-refractivity contribution is 7.88. The molecule has 1 amide bonds. The fourth-order valence-electron chi connectivity index (χ4n) is 2.04. The van der Waals surface area contributed by atoms with Gasteiger partial charge in [0.15, 0.2) is 0 Å². The summed E-state index contributed by atoms with van der Waals surface area (Å²) in [4.78, 5) is 19.6. The molecular weight excluding hydrogens is 304 g/mol. The summed E-state index contributed by atoms with van der Waals surface area (Å²) in [5.41, 5.74) is 0.156. The summed E-state index contributed by atoms with van der Waals surface area (Å²) in [6.07, 6.45) is 5.03. The zero-order valence-corrected chi connectivity index (χ0v) is 12.5. The average molecular weight is 319 g/mol. The molecule has 0 spiro atoms. The van der Waals surface area contributed by atoms with Gasteiger partial charge < -0.3 is 5.32 Å². The Bertz CT molecular complexity index is 599. The van der Waals surface area contributed by atoms with Gasteiger partial charge in [-0.3, -0.25) is 9.78 Å². The maximum absolute atomic E-state index is 11.9. The van der Waals surface area contributed by atoms with Gasteiger partial charge in [0.1, 0.15) is 10.8 Å². The molecule has 7 nitrogen and oxygen atoms in total. The number of nitrogens with zero attached hydrogens (tertiary/aromatic N) is 3. The van der Waals surface area contributed by atoms with Crippen molar-refractivity contribution >= 4 is 27.5 Å². The van der Waals surface area contributed by atoms with Crippen LogP contribution in [0.5, 0.6) is 0 Å². The first kappa shape index (κ1) is 15.1. The van der Waals surface area contributed by atoms with Crippen LogP contribution in [-0.2, 0) is 10.0 Å². The van der Waals surface area contributed by atoms with Crippen LogP contribution in [0.3, 0.4) is 0 Å². The predicted molar refractivity (Wildman–Crippen MR) is 73.9 cm³/mol. The molecule has 1 aromatic heterocycles. The largest absolute Gasteiger partial charge is 0.348 e. The van der Waals surface area contributed by atoms with E-state index in [0.717, 1.165) is 0 Å². The minimum Gasteiger partial charge on any atom is -0.348 e. The Morgan fingerprint density at radius 2 is 2.05 bits per heavy atom. The van der Waals surface area contributed by atoms with Gasteiger partial charge in [0.25, 0.3) is 5.91 Å². The summed E-state index contributed by atoms with van der Waals surface area (Å²) in [5, 5.41) is 2.97. The molecule has 2 heterocycles. The summed E-state index contributed by atoms with van der Waals surface area (Å²) in [7, 11) is -3.15. The second-order valence-electron chi connectivity index (χ2n) is 4.64. The predicted octanol–water partition coefficient (Wildman–Crippen LogP) is 0.284. The maximum atomic E-state index is 11.9. The van der Waals surface area contributed by atoms with Crippen LogP contribution in [-0.4, -0.2) is 54.0 Å². The molecule has 0 atom stereocenters. The van der Waals surface area contributed by atoms with Crippen molar-refractivity contribution in [3.05, 3.63) is 23.2 Å². The fourth-order valence-corrected chi connectivity index (χ4v) is 3.06. The molecule has 20 heavy (non-hydrogen) atoms. The Labute approximate surface area is 122 Å². The number of amides is 1. The molecule has 0 aromatic carbocycles. The van der Waals surface area contributed by atoms with Gasteiger partial charge in [0, 0.05) is 19.1 Å². The third-order valence-electron chi connectivity index (χ3n) is 3.10. The van der Waals surface area contributed by atoms with Gasteiger partial charge in [0.05, 0.1) is 18.6 Å². The first-order chi connectivity index (χ1) is 9.36. The molecule has 0 saturated carbocycles. The van der Waals surface area contributed by atoms with E-state index >= 15 is 0 Å². The van der Waals surface area contributed by atoms with Crippen molar-refractivity contribution in [3.8, 4) is 0 Å². The van der Waals surface area contributed by atoms with Gasteiger partial charge >= 0.3 is 0 Å². The van der Waals surface area contributed by atoms with E-state index in [9.17, 15) is 13.2 Å². The lowest BCUT2D eigenvalue weighted by Gasteiger charge is -2.30. The van der Waals surface area contributed by atoms with Crippen molar-refractivity contribution in [2.75, 3.05) is 19.3 Å². The molecule has 1 aromatic rings. The minimum absolute atomic E-state index is 0.0683.